The van der Waals surface area contributed by atoms with E-state index in [2.05, 4.69) is 37.2 Å². The summed E-state index contributed by atoms with van der Waals surface area (Å²) < 4.78 is 1.50. The molecule has 0 aliphatic carbocycles. The summed E-state index contributed by atoms with van der Waals surface area (Å²) >= 11 is 6.71. The maximum Gasteiger partial charge on any atom is 0.143 e. The van der Waals surface area contributed by atoms with E-state index in [1.54, 1.807) is 0 Å². The molecule has 1 aromatic carbocycles. The van der Waals surface area contributed by atoms with Crippen molar-refractivity contribution in [2.45, 2.75) is 25.3 Å². The summed E-state index contributed by atoms with van der Waals surface area (Å²) in [6, 6.07) is 4.40. The lowest BCUT2D eigenvalue weighted by molar-refractivity contribution is 0.411. The number of halogens is 3. The first-order valence-corrected chi connectivity index (χ1v) is 6.68. The van der Waals surface area contributed by atoms with Crippen LogP contribution in [0.1, 0.15) is 30.9 Å². The van der Waals surface area contributed by atoms with Gasteiger partial charge >= 0.3 is 0 Å². The smallest absolute Gasteiger partial charge is 0.143 e. The fraction of sp³-hybridized carbons (Fsp3) is 0.455. The van der Waals surface area contributed by atoms with Crippen molar-refractivity contribution >= 4 is 44.3 Å². The molecule has 1 atom stereocenters. The van der Waals surface area contributed by atoms with Crippen LogP contribution in [0.25, 0.3) is 0 Å². The van der Waals surface area contributed by atoms with Crippen molar-refractivity contribution < 1.29 is 5.11 Å². The van der Waals surface area contributed by atoms with E-state index < -0.39 is 0 Å². The molecular weight excluding hydrogens is 357 g/mol. The molecule has 5 heteroatoms. The molecule has 2 nitrogen and oxygen atoms in total. The minimum atomic E-state index is 0. The monoisotopic (exact) mass is 369 g/mol. The minimum absolute atomic E-state index is 0. The van der Waals surface area contributed by atoms with Gasteiger partial charge in [-0.2, -0.15) is 0 Å². The predicted molar refractivity (Wildman–Crippen MR) is 75.3 cm³/mol. The van der Waals surface area contributed by atoms with Crippen molar-refractivity contribution in [2.24, 2.45) is 0 Å². The summed E-state index contributed by atoms with van der Waals surface area (Å²) in [5.41, 5.74) is 1.23. The Hall–Kier alpha value is 0.230. The SMILES string of the molecule is Cl.Oc1c(Br)cc([C@@H]2CCCCN2)cc1Br. The van der Waals surface area contributed by atoms with Crippen molar-refractivity contribution in [3.8, 4) is 5.75 Å². The third-order valence-electron chi connectivity index (χ3n) is 2.75. The van der Waals surface area contributed by atoms with E-state index in [0.717, 1.165) is 15.5 Å². The fourth-order valence-electron chi connectivity index (χ4n) is 1.92. The molecule has 1 aromatic rings. The zero-order valence-corrected chi connectivity index (χ0v) is 12.7. The number of hydrogen-bond donors (Lipinski definition) is 2. The molecule has 2 N–H and O–H groups in total. The second-order valence-corrected chi connectivity index (χ2v) is 5.54. The molecule has 1 saturated heterocycles. The second-order valence-electron chi connectivity index (χ2n) is 3.84. The fourth-order valence-corrected chi connectivity index (χ4v) is 3.14. The quantitative estimate of drug-likeness (QED) is 0.777. The maximum atomic E-state index is 9.61. The number of rotatable bonds is 1. The summed E-state index contributed by atoms with van der Waals surface area (Å²) in [6.07, 6.45) is 3.70. The van der Waals surface area contributed by atoms with Crippen molar-refractivity contribution in [3.05, 3.63) is 26.6 Å². The van der Waals surface area contributed by atoms with Crippen LogP contribution in [0.2, 0.25) is 0 Å². The number of piperidine rings is 1. The molecular formula is C11H14Br2ClNO. The lowest BCUT2D eigenvalue weighted by Crippen LogP contribution is -2.26. The van der Waals surface area contributed by atoms with E-state index in [4.69, 9.17) is 0 Å². The Labute approximate surface area is 118 Å². The Balaban J connectivity index is 0.00000128. The Morgan fingerprint density at radius 1 is 1.19 bits per heavy atom. The number of benzene rings is 1. The Morgan fingerprint density at radius 2 is 1.81 bits per heavy atom. The van der Waals surface area contributed by atoms with E-state index in [1.807, 2.05) is 12.1 Å². The summed E-state index contributed by atoms with van der Waals surface area (Å²) in [4.78, 5) is 0. The highest BCUT2D eigenvalue weighted by molar-refractivity contribution is 9.11. The first-order valence-electron chi connectivity index (χ1n) is 5.10. The van der Waals surface area contributed by atoms with Gasteiger partial charge < -0.3 is 10.4 Å². The van der Waals surface area contributed by atoms with Gasteiger partial charge in [-0.15, -0.1) is 12.4 Å². The van der Waals surface area contributed by atoms with Crippen molar-refractivity contribution in [1.82, 2.24) is 5.32 Å². The van der Waals surface area contributed by atoms with Gasteiger partial charge in [0, 0.05) is 6.04 Å². The molecule has 0 unspecified atom stereocenters. The van der Waals surface area contributed by atoms with Crippen LogP contribution in [0.5, 0.6) is 5.75 Å². The molecule has 0 aromatic heterocycles. The van der Waals surface area contributed by atoms with Gasteiger partial charge in [0.05, 0.1) is 8.95 Å². The first kappa shape index (κ1) is 14.3. The maximum absolute atomic E-state index is 9.61. The molecule has 1 aliphatic heterocycles. The van der Waals surface area contributed by atoms with E-state index >= 15 is 0 Å². The van der Waals surface area contributed by atoms with Crippen LogP contribution in [-0.4, -0.2) is 11.7 Å². The highest BCUT2D eigenvalue weighted by Crippen LogP contribution is 2.36. The molecule has 0 spiro atoms. The molecule has 2 rings (SSSR count). The van der Waals surface area contributed by atoms with Gasteiger partial charge in [0.2, 0.25) is 0 Å². The lowest BCUT2D eigenvalue weighted by Gasteiger charge is -2.24. The zero-order chi connectivity index (χ0) is 10.8. The summed E-state index contributed by atoms with van der Waals surface area (Å²) in [6.45, 7) is 1.08. The number of phenols is 1. The van der Waals surface area contributed by atoms with Crippen LogP contribution >= 0.6 is 44.3 Å². The minimum Gasteiger partial charge on any atom is -0.506 e. The van der Waals surface area contributed by atoms with Gasteiger partial charge in [-0.25, -0.2) is 0 Å². The average molecular weight is 371 g/mol. The topological polar surface area (TPSA) is 32.3 Å². The average Bonchev–Trinajstić information content (AvgIpc) is 2.26. The normalized spacial score (nSPS) is 20.2. The van der Waals surface area contributed by atoms with Gasteiger partial charge in [0.1, 0.15) is 5.75 Å². The predicted octanol–water partition coefficient (Wildman–Crippen LogP) is 4.15. The summed E-state index contributed by atoms with van der Waals surface area (Å²) in [7, 11) is 0. The zero-order valence-electron chi connectivity index (χ0n) is 8.67. The van der Waals surface area contributed by atoms with E-state index in [0.29, 0.717) is 6.04 Å². The molecule has 90 valence electrons. The molecule has 0 amide bonds. The van der Waals surface area contributed by atoms with Crippen LogP contribution in [0, 0.1) is 0 Å². The van der Waals surface area contributed by atoms with Gasteiger partial charge in [-0.05, 0) is 68.9 Å². The van der Waals surface area contributed by atoms with Crippen molar-refractivity contribution in [2.75, 3.05) is 6.54 Å². The van der Waals surface area contributed by atoms with Gasteiger partial charge in [-0.1, -0.05) is 6.42 Å². The number of nitrogens with one attached hydrogen (secondary N) is 1. The molecule has 0 saturated carbocycles. The third-order valence-corrected chi connectivity index (χ3v) is 3.96. The molecule has 1 heterocycles. The first-order chi connectivity index (χ1) is 7.18. The van der Waals surface area contributed by atoms with Crippen molar-refractivity contribution in [1.29, 1.82) is 0 Å². The lowest BCUT2D eigenvalue weighted by atomic mass is 9.97. The highest BCUT2D eigenvalue weighted by Gasteiger charge is 2.16. The number of phenolic OH excluding ortho intramolecular Hbond substituents is 1. The largest absolute Gasteiger partial charge is 0.506 e. The summed E-state index contributed by atoms with van der Waals surface area (Å²) in [5.74, 6) is 0.273. The van der Waals surface area contributed by atoms with E-state index in [9.17, 15) is 5.11 Å². The van der Waals surface area contributed by atoms with Crippen LogP contribution < -0.4 is 5.32 Å². The molecule has 1 aliphatic rings. The number of aromatic hydroxyl groups is 1. The Morgan fingerprint density at radius 3 is 2.31 bits per heavy atom. The molecule has 0 radical (unpaired) electrons. The van der Waals surface area contributed by atoms with Gasteiger partial charge in [0.25, 0.3) is 0 Å². The summed E-state index contributed by atoms with van der Waals surface area (Å²) in [5, 5.41) is 13.1. The van der Waals surface area contributed by atoms with E-state index in [-0.39, 0.29) is 18.2 Å². The number of hydrogen-bond acceptors (Lipinski definition) is 2. The molecule has 16 heavy (non-hydrogen) atoms. The standard InChI is InChI=1S/C11H13Br2NO.ClH/c12-8-5-7(6-9(13)11(8)15)10-3-1-2-4-14-10;/h5-6,10,14-15H,1-4H2;1H/t10-;/m0./s1. The highest BCUT2D eigenvalue weighted by atomic mass is 79.9. The van der Waals surface area contributed by atoms with Crippen LogP contribution in [0.3, 0.4) is 0 Å². The second kappa shape index (κ2) is 6.24. The van der Waals surface area contributed by atoms with Crippen LogP contribution in [0.15, 0.2) is 21.1 Å². The van der Waals surface area contributed by atoms with Gasteiger partial charge in [-0.3, -0.25) is 0 Å². The van der Waals surface area contributed by atoms with Crippen molar-refractivity contribution in [3.63, 3.8) is 0 Å². The molecule has 1 fully saturated rings. The third kappa shape index (κ3) is 3.13. The van der Waals surface area contributed by atoms with Crippen LogP contribution in [-0.2, 0) is 0 Å². The molecule has 0 bridgehead atoms. The van der Waals surface area contributed by atoms with Gasteiger partial charge in [0.15, 0.2) is 0 Å². The van der Waals surface area contributed by atoms with Crippen LogP contribution in [0.4, 0.5) is 0 Å². The van der Waals surface area contributed by atoms with E-state index in [1.165, 1.54) is 24.8 Å². The Kier molecular flexibility index (Phi) is 5.57. The Bertz CT molecular complexity index is 344.